The molecule has 4 rings (SSSR count). The summed E-state index contributed by atoms with van der Waals surface area (Å²) in [4.78, 5) is 4.19. The molecule has 1 heterocycles. The summed E-state index contributed by atoms with van der Waals surface area (Å²) >= 11 is 8.02. The Morgan fingerprint density at radius 1 is 0.556 bits per heavy atom. The van der Waals surface area contributed by atoms with Gasteiger partial charge in [0, 0.05) is 0 Å². The van der Waals surface area contributed by atoms with Crippen LogP contribution in [-0.2, 0) is 6.16 Å². The van der Waals surface area contributed by atoms with E-state index in [4.69, 9.17) is 11.2 Å². The Morgan fingerprint density at radius 3 is 1.30 bits per heavy atom. The molecule has 4 aromatic rings. The Morgan fingerprint density at radius 2 is 0.926 bits per heavy atom. The Kier molecular flexibility index (Phi) is 4.83. The molecular formula is C24H21ClNP. The van der Waals surface area contributed by atoms with Crippen molar-refractivity contribution in [1.29, 1.82) is 0 Å². The van der Waals surface area contributed by atoms with E-state index in [-0.39, 0.29) is 0 Å². The second-order valence-electron chi connectivity index (χ2n) is 6.70. The van der Waals surface area contributed by atoms with Gasteiger partial charge in [0.25, 0.3) is 0 Å². The summed E-state index contributed by atoms with van der Waals surface area (Å²) in [6, 6.07) is 35.8. The van der Waals surface area contributed by atoms with Crippen molar-refractivity contribution >= 4 is 33.1 Å². The van der Waals surface area contributed by atoms with Crippen LogP contribution in [0.4, 0.5) is 0 Å². The Balaban J connectivity index is 2.09. The van der Waals surface area contributed by atoms with Crippen LogP contribution in [0.15, 0.2) is 116 Å². The number of pyridine rings is 1. The van der Waals surface area contributed by atoms with Crippen LogP contribution >= 0.6 is 17.2 Å². The average Bonchev–Trinajstić information content (AvgIpc) is 2.76. The van der Waals surface area contributed by atoms with Crippen LogP contribution < -0.4 is 15.9 Å². The van der Waals surface area contributed by atoms with Crippen LogP contribution in [0, 0.1) is 0 Å². The van der Waals surface area contributed by atoms with Crippen molar-refractivity contribution in [2.24, 2.45) is 0 Å². The van der Waals surface area contributed by atoms with Gasteiger partial charge in [0.1, 0.15) is 0 Å². The van der Waals surface area contributed by atoms with E-state index in [9.17, 15) is 0 Å². The molecule has 0 unspecified atom stereocenters. The molecule has 0 N–H and O–H groups in total. The molecule has 0 aliphatic carbocycles. The first-order valence-electron chi connectivity index (χ1n) is 9.00. The fourth-order valence-corrected chi connectivity index (χ4v) is 9.92. The van der Waals surface area contributed by atoms with Crippen LogP contribution in [-0.4, -0.2) is 4.98 Å². The van der Waals surface area contributed by atoms with Gasteiger partial charge in [-0.1, -0.05) is 0 Å². The van der Waals surface area contributed by atoms with E-state index < -0.39 is 5.96 Å². The molecule has 1 aromatic heterocycles. The zero-order valence-corrected chi connectivity index (χ0v) is 16.6. The number of halogens is 1. The fourth-order valence-electron chi connectivity index (χ4n) is 3.77. The van der Waals surface area contributed by atoms with Gasteiger partial charge in [0.05, 0.1) is 0 Å². The number of rotatable bonds is 5. The summed E-state index contributed by atoms with van der Waals surface area (Å²) in [6.45, 7) is 0. The molecule has 0 radical (unpaired) electrons. The fraction of sp³-hybridized carbons (Fsp3) is 0.0417. The normalized spacial score (nSPS) is 12.9. The summed E-state index contributed by atoms with van der Waals surface area (Å²) in [6.07, 6.45) is 4.43. The predicted octanol–water partition coefficient (Wildman–Crippen LogP) is 5.27. The van der Waals surface area contributed by atoms with Gasteiger partial charge in [0.15, 0.2) is 0 Å². The van der Waals surface area contributed by atoms with Crippen molar-refractivity contribution in [1.82, 2.24) is 4.98 Å². The van der Waals surface area contributed by atoms with E-state index in [1.54, 1.807) is 0 Å². The third-order valence-corrected chi connectivity index (χ3v) is 12.3. The summed E-state index contributed by atoms with van der Waals surface area (Å²) in [5, 5.41) is 3.54. The van der Waals surface area contributed by atoms with Gasteiger partial charge in [-0.15, -0.1) is 0 Å². The van der Waals surface area contributed by atoms with Gasteiger partial charge in [-0.3, -0.25) is 0 Å². The van der Waals surface area contributed by atoms with Gasteiger partial charge in [0.2, 0.25) is 0 Å². The van der Waals surface area contributed by atoms with Gasteiger partial charge in [-0.05, 0) is 0 Å². The van der Waals surface area contributed by atoms with E-state index in [2.05, 4.69) is 89.9 Å². The molecule has 0 aliphatic heterocycles. The molecule has 3 aromatic carbocycles. The summed E-state index contributed by atoms with van der Waals surface area (Å²) < 4.78 is 0. The molecule has 1 nitrogen and oxygen atoms in total. The molecule has 0 aliphatic rings. The van der Waals surface area contributed by atoms with Crippen LogP contribution in [0.5, 0.6) is 0 Å². The molecular weight excluding hydrogens is 369 g/mol. The van der Waals surface area contributed by atoms with Crippen molar-refractivity contribution in [3.05, 3.63) is 121 Å². The molecule has 27 heavy (non-hydrogen) atoms. The van der Waals surface area contributed by atoms with E-state index in [1.807, 2.05) is 30.6 Å². The van der Waals surface area contributed by atoms with Crippen molar-refractivity contribution in [2.75, 3.05) is 0 Å². The third-order valence-electron chi connectivity index (χ3n) is 5.11. The van der Waals surface area contributed by atoms with Crippen LogP contribution in [0.1, 0.15) is 5.56 Å². The van der Waals surface area contributed by atoms with E-state index in [0.29, 0.717) is 0 Å². The quantitative estimate of drug-likeness (QED) is 0.424. The molecule has 0 spiro atoms. The number of hydrogen-bond donors (Lipinski definition) is 0. The summed E-state index contributed by atoms with van der Waals surface area (Å²) in [5.41, 5.74) is 1.19. The minimum absolute atomic E-state index is 0.744. The van der Waals surface area contributed by atoms with Crippen molar-refractivity contribution in [2.45, 2.75) is 6.16 Å². The summed E-state index contributed by atoms with van der Waals surface area (Å²) in [5.74, 6) is -3.23. The summed E-state index contributed by atoms with van der Waals surface area (Å²) in [7, 11) is 0. The Bertz CT molecular complexity index is 906. The first-order chi connectivity index (χ1) is 13.2. The van der Waals surface area contributed by atoms with Gasteiger partial charge in [-0.2, -0.15) is 0 Å². The topological polar surface area (TPSA) is 12.9 Å². The molecule has 0 saturated heterocycles. The number of aromatic nitrogens is 1. The predicted molar refractivity (Wildman–Crippen MR) is 119 cm³/mol. The molecule has 0 bridgehead atoms. The number of hydrogen-bond acceptors (Lipinski definition) is 1. The van der Waals surface area contributed by atoms with E-state index in [1.165, 1.54) is 21.5 Å². The molecule has 3 heteroatoms. The van der Waals surface area contributed by atoms with Crippen LogP contribution in [0.3, 0.4) is 0 Å². The third kappa shape index (κ3) is 3.08. The first-order valence-corrected chi connectivity index (χ1v) is 12.3. The van der Waals surface area contributed by atoms with Crippen molar-refractivity contribution in [3.8, 4) is 0 Å². The SMILES string of the molecule is ClP(Cc1ccncc1)(c1ccccc1)(c1ccccc1)c1ccccc1. The van der Waals surface area contributed by atoms with E-state index in [0.717, 1.165) is 6.16 Å². The van der Waals surface area contributed by atoms with E-state index >= 15 is 0 Å². The molecule has 0 fully saturated rings. The second-order valence-corrected chi connectivity index (χ2v) is 13.2. The number of benzene rings is 3. The maximum absolute atomic E-state index is 8.02. The Hall–Kier alpha value is -2.47. The van der Waals surface area contributed by atoms with Gasteiger partial charge >= 0.3 is 165 Å². The second kappa shape index (κ2) is 7.27. The van der Waals surface area contributed by atoms with Gasteiger partial charge in [-0.25, -0.2) is 0 Å². The zero-order chi connectivity index (χ0) is 18.6. The minimum atomic E-state index is -3.23. The molecule has 0 amide bonds. The van der Waals surface area contributed by atoms with Gasteiger partial charge < -0.3 is 0 Å². The number of nitrogens with zero attached hydrogens (tertiary/aromatic N) is 1. The first kappa shape index (κ1) is 17.9. The Labute approximate surface area is 165 Å². The zero-order valence-electron chi connectivity index (χ0n) is 14.9. The molecule has 134 valence electrons. The molecule has 0 atom stereocenters. The van der Waals surface area contributed by atoms with Crippen molar-refractivity contribution in [3.63, 3.8) is 0 Å². The maximum atomic E-state index is 8.02. The van der Waals surface area contributed by atoms with Crippen molar-refractivity contribution < 1.29 is 0 Å². The standard InChI is InChI=1S/C24H21ClNP/c25-27(22-10-4-1-5-11-22,23-12-6-2-7-13-23,24-14-8-3-9-15-24)20-21-16-18-26-19-17-21/h1-19H,20H2. The monoisotopic (exact) mass is 389 g/mol. The van der Waals surface area contributed by atoms with Crippen LogP contribution in [0.2, 0.25) is 0 Å². The average molecular weight is 390 g/mol. The van der Waals surface area contributed by atoms with Crippen LogP contribution in [0.25, 0.3) is 0 Å². The molecule has 0 saturated carbocycles.